The molecule has 1 aromatic heterocycles. The number of nitrogens with zero attached hydrogens (tertiary/aromatic N) is 2. The number of hydrogen-bond donors (Lipinski definition) is 1. The second-order valence-electron chi connectivity index (χ2n) is 7.39. The molecule has 0 bridgehead atoms. The predicted molar refractivity (Wildman–Crippen MR) is 107 cm³/mol. The van der Waals surface area contributed by atoms with Crippen molar-refractivity contribution >= 4 is 6.08 Å². The van der Waals surface area contributed by atoms with Gasteiger partial charge in [-0.1, -0.05) is 24.1 Å². The molecule has 2 aromatic rings. The molecule has 3 heterocycles. The number of halogens is 1. The van der Waals surface area contributed by atoms with Crippen molar-refractivity contribution in [2.24, 2.45) is 4.99 Å². The Bertz CT molecular complexity index is 905. The summed E-state index contributed by atoms with van der Waals surface area (Å²) < 4.78 is 12.3. The van der Waals surface area contributed by atoms with Crippen LogP contribution in [0.25, 0.3) is 6.08 Å². The van der Waals surface area contributed by atoms with Gasteiger partial charge in [-0.15, -0.1) is 0 Å². The molecule has 1 saturated heterocycles. The molecule has 2 aliphatic heterocycles. The average Bonchev–Trinajstić information content (AvgIpc) is 3.15. The van der Waals surface area contributed by atoms with E-state index in [4.69, 9.17) is 0 Å². The Kier molecular flexibility index (Phi) is 5.69. The van der Waals surface area contributed by atoms with Crippen molar-refractivity contribution in [2.45, 2.75) is 31.6 Å². The van der Waals surface area contributed by atoms with Crippen LogP contribution in [0.4, 0.5) is 4.39 Å². The van der Waals surface area contributed by atoms with Gasteiger partial charge in [0.1, 0.15) is 5.49 Å². The lowest BCUT2D eigenvalue weighted by atomic mass is 9.89. The molecule has 1 fully saturated rings. The molecule has 0 amide bonds. The lowest BCUT2D eigenvalue weighted by molar-refractivity contribution is 0.204. The summed E-state index contributed by atoms with van der Waals surface area (Å²) >= 11 is 0. The number of piperidine rings is 1. The first-order valence-electron chi connectivity index (χ1n) is 9.96. The number of benzene rings is 1. The monoisotopic (exact) mass is 363 g/mol. The normalized spacial score (nSPS) is 17.4. The van der Waals surface area contributed by atoms with Crippen LogP contribution in [0.2, 0.25) is 0 Å². The molecule has 2 aliphatic rings. The van der Waals surface area contributed by atoms with Crippen LogP contribution >= 0.6 is 0 Å². The van der Waals surface area contributed by atoms with Gasteiger partial charge in [-0.3, -0.25) is 9.38 Å². The van der Waals surface area contributed by atoms with Crippen molar-refractivity contribution in [1.82, 2.24) is 9.88 Å². The number of aromatic amines is 1. The maximum absolute atomic E-state index is 12.3. The van der Waals surface area contributed by atoms with E-state index in [0.717, 1.165) is 62.2 Å². The second kappa shape index (κ2) is 8.54. The van der Waals surface area contributed by atoms with Gasteiger partial charge in [-0.25, -0.2) is 0 Å². The molecule has 4 rings (SSSR count). The molecule has 0 spiro atoms. The van der Waals surface area contributed by atoms with Crippen LogP contribution in [0, 0.1) is 11.8 Å². The Balaban J connectivity index is 1.38. The van der Waals surface area contributed by atoms with Crippen LogP contribution in [0.15, 0.2) is 35.3 Å². The number of fused-ring (bicyclic) bond motifs is 1. The zero-order chi connectivity index (χ0) is 18.5. The zero-order valence-electron chi connectivity index (χ0n) is 15.7. The quantitative estimate of drug-likeness (QED) is 0.832. The molecule has 27 heavy (non-hydrogen) atoms. The second-order valence-corrected chi connectivity index (χ2v) is 7.39. The summed E-state index contributed by atoms with van der Waals surface area (Å²) in [6.45, 7) is 3.69. The molecule has 4 heteroatoms. The lowest BCUT2D eigenvalue weighted by Gasteiger charge is -2.32. The lowest BCUT2D eigenvalue weighted by Crippen LogP contribution is -2.33. The SMILES string of the molecule is FCCCN1CCC(c2ccc(C#Cc3cc4c([nH]3)=NCCC=4)cc2)CC1. The van der Waals surface area contributed by atoms with Crippen molar-refractivity contribution in [3.8, 4) is 11.8 Å². The highest BCUT2D eigenvalue weighted by Gasteiger charge is 2.20. The minimum Gasteiger partial charge on any atom is -0.333 e. The molecule has 1 N–H and O–H groups in total. The van der Waals surface area contributed by atoms with Crippen LogP contribution in [-0.4, -0.2) is 42.7 Å². The van der Waals surface area contributed by atoms with Gasteiger partial charge in [0.05, 0.1) is 12.4 Å². The fourth-order valence-electron chi connectivity index (χ4n) is 3.96. The third-order valence-corrected chi connectivity index (χ3v) is 5.51. The van der Waals surface area contributed by atoms with Gasteiger partial charge in [0.15, 0.2) is 0 Å². The minimum absolute atomic E-state index is 0.208. The first kappa shape index (κ1) is 18.0. The Morgan fingerprint density at radius 2 is 1.96 bits per heavy atom. The first-order valence-corrected chi connectivity index (χ1v) is 9.96. The van der Waals surface area contributed by atoms with E-state index in [9.17, 15) is 4.39 Å². The number of rotatable bonds is 4. The number of alkyl halides is 1. The van der Waals surface area contributed by atoms with Crippen molar-refractivity contribution in [3.05, 3.63) is 57.9 Å². The van der Waals surface area contributed by atoms with E-state index in [2.05, 4.69) is 63.1 Å². The van der Waals surface area contributed by atoms with E-state index in [0.29, 0.717) is 12.3 Å². The van der Waals surface area contributed by atoms with Gasteiger partial charge in [0.25, 0.3) is 0 Å². The van der Waals surface area contributed by atoms with E-state index >= 15 is 0 Å². The van der Waals surface area contributed by atoms with Gasteiger partial charge in [-0.05, 0) is 74.4 Å². The first-order chi connectivity index (χ1) is 13.3. The van der Waals surface area contributed by atoms with Crippen molar-refractivity contribution in [1.29, 1.82) is 0 Å². The zero-order valence-corrected chi connectivity index (χ0v) is 15.7. The van der Waals surface area contributed by atoms with Crippen LogP contribution in [0.1, 0.15) is 48.4 Å². The van der Waals surface area contributed by atoms with Crippen LogP contribution < -0.4 is 10.7 Å². The van der Waals surface area contributed by atoms with Crippen LogP contribution in [0.5, 0.6) is 0 Å². The summed E-state index contributed by atoms with van der Waals surface area (Å²) in [6, 6.07) is 10.8. The highest BCUT2D eigenvalue weighted by molar-refractivity contribution is 5.42. The fraction of sp³-hybridized carbons (Fsp3) is 0.435. The van der Waals surface area contributed by atoms with Crippen molar-refractivity contribution in [3.63, 3.8) is 0 Å². The van der Waals surface area contributed by atoms with Gasteiger partial charge in [0, 0.05) is 23.9 Å². The molecule has 0 atom stereocenters. The Morgan fingerprint density at radius 3 is 2.70 bits per heavy atom. The van der Waals surface area contributed by atoms with E-state index in [1.165, 1.54) is 10.8 Å². The summed E-state index contributed by atoms with van der Waals surface area (Å²) in [4.78, 5) is 10.1. The standard InChI is InChI=1S/C23H26FN3/c24-12-2-14-27-15-10-20(11-16-27)19-7-4-18(5-8-19)6-9-22-17-21-3-1-13-25-23(21)26-22/h3-5,7-8,17,20H,1-2,10-16H2,(H,25,26). The molecule has 1 aromatic carbocycles. The molecule has 3 nitrogen and oxygen atoms in total. The van der Waals surface area contributed by atoms with Crippen LogP contribution in [-0.2, 0) is 0 Å². The van der Waals surface area contributed by atoms with Gasteiger partial charge < -0.3 is 9.88 Å². The van der Waals surface area contributed by atoms with E-state index in [-0.39, 0.29) is 6.67 Å². The largest absolute Gasteiger partial charge is 0.333 e. The van der Waals surface area contributed by atoms with E-state index < -0.39 is 0 Å². The third kappa shape index (κ3) is 4.48. The molecular formula is C23H26FN3. The topological polar surface area (TPSA) is 31.4 Å². The number of H-pyrrole nitrogens is 1. The molecular weight excluding hydrogens is 337 g/mol. The molecule has 0 saturated carbocycles. The molecule has 0 aliphatic carbocycles. The summed E-state index contributed by atoms with van der Waals surface area (Å²) in [5.41, 5.74) is 4.31. The Hall–Kier alpha value is -2.38. The van der Waals surface area contributed by atoms with E-state index in [1.54, 1.807) is 0 Å². The predicted octanol–water partition coefficient (Wildman–Crippen LogP) is 2.76. The Morgan fingerprint density at radius 1 is 1.15 bits per heavy atom. The summed E-state index contributed by atoms with van der Waals surface area (Å²) in [6.07, 6.45) is 6.19. The van der Waals surface area contributed by atoms with Crippen LogP contribution in [0.3, 0.4) is 0 Å². The maximum Gasteiger partial charge on any atom is 0.132 e. The highest BCUT2D eigenvalue weighted by Crippen LogP contribution is 2.28. The fourth-order valence-corrected chi connectivity index (χ4v) is 3.96. The number of hydrogen-bond acceptors (Lipinski definition) is 2. The Labute approximate surface area is 160 Å². The summed E-state index contributed by atoms with van der Waals surface area (Å²) in [5.74, 6) is 7.08. The van der Waals surface area contributed by atoms with Crippen molar-refractivity contribution < 1.29 is 4.39 Å². The van der Waals surface area contributed by atoms with Gasteiger partial charge in [0.2, 0.25) is 0 Å². The summed E-state index contributed by atoms with van der Waals surface area (Å²) in [7, 11) is 0. The minimum atomic E-state index is -0.208. The van der Waals surface area contributed by atoms with Gasteiger partial charge >= 0.3 is 0 Å². The number of likely N-dealkylation sites (tertiary alicyclic amines) is 1. The molecule has 0 unspecified atom stereocenters. The third-order valence-electron chi connectivity index (χ3n) is 5.51. The van der Waals surface area contributed by atoms with Crippen molar-refractivity contribution in [2.75, 3.05) is 32.9 Å². The summed E-state index contributed by atoms with van der Waals surface area (Å²) in [5, 5.41) is 1.17. The smallest absolute Gasteiger partial charge is 0.132 e. The molecule has 0 radical (unpaired) electrons. The molecule has 140 valence electrons. The average molecular weight is 363 g/mol. The number of aromatic nitrogens is 1. The maximum atomic E-state index is 12.3. The van der Waals surface area contributed by atoms with Gasteiger partial charge in [-0.2, -0.15) is 0 Å². The number of nitrogens with one attached hydrogen (secondary N) is 1. The van der Waals surface area contributed by atoms with E-state index in [1.807, 2.05) is 0 Å². The highest BCUT2D eigenvalue weighted by atomic mass is 19.1.